The summed E-state index contributed by atoms with van der Waals surface area (Å²) < 4.78 is 32.9. The summed E-state index contributed by atoms with van der Waals surface area (Å²) in [6.07, 6.45) is 11.5. The molecule has 2 aliphatic carbocycles. The molecule has 1 aromatic rings. The van der Waals surface area contributed by atoms with Crippen LogP contribution in [0.4, 0.5) is 0 Å². The van der Waals surface area contributed by atoms with Crippen molar-refractivity contribution in [3.05, 3.63) is 59.7 Å². The first-order chi connectivity index (χ1) is 22.6. The third-order valence-electron chi connectivity index (χ3n) is 12.2. The normalized spacial score (nSPS) is 28.5. The van der Waals surface area contributed by atoms with E-state index in [9.17, 15) is 4.79 Å². The molecule has 0 N–H and O–H groups in total. The summed E-state index contributed by atoms with van der Waals surface area (Å²) in [6, 6.07) is 9.98. The number of ether oxygens (including phenoxy) is 3. The highest BCUT2D eigenvalue weighted by atomic mass is 28.4. The minimum atomic E-state index is -2.07. The van der Waals surface area contributed by atoms with Gasteiger partial charge in [0.1, 0.15) is 6.10 Å². The average Bonchev–Trinajstić information content (AvgIpc) is 2.99. The summed E-state index contributed by atoms with van der Waals surface area (Å²) in [6.45, 7) is 30.1. The van der Waals surface area contributed by atoms with Gasteiger partial charge in [0.2, 0.25) is 0 Å². The maximum atomic E-state index is 13.9. The van der Waals surface area contributed by atoms with E-state index in [1.54, 1.807) is 0 Å². The van der Waals surface area contributed by atoms with Crippen molar-refractivity contribution >= 4 is 22.6 Å². The van der Waals surface area contributed by atoms with Crippen molar-refractivity contribution in [3.8, 4) is 0 Å². The van der Waals surface area contributed by atoms with Gasteiger partial charge in [-0.1, -0.05) is 97.0 Å². The van der Waals surface area contributed by atoms with Crippen LogP contribution in [0.1, 0.15) is 100.0 Å². The molecule has 0 spiro atoms. The number of hydrogen-bond acceptors (Lipinski definition) is 6. The molecule has 1 aliphatic heterocycles. The van der Waals surface area contributed by atoms with E-state index in [-0.39, 0.29) is 46.4 Å². The second kappa shape index (κ2) is 15.6. The van der Waals surface area contributed by atoms with Crippen molar-refractivity contribution in [2.24, 2.45) is 17.8 Å². The van der Waals surface area contributed by atoms with E-state index in [2.05, 4.69) is 92.9 Å². The fourth-order valence-corrected chi connectivity index (χ4v) is 9.58. The Bertz CT molecular complexity index is 1310. The molecule has 0 saturated carbocycles. The molecule has 7 atom stereocenters. The molecule has 0 bridgehead atoms. The van der Waals surface area contributed by atoms with E-state index in [0.29, 0.717) is 24.9 Å². The summed E-state index contributed by atoms with van der Waals surface area (Å²) >= 11 is 0. The first kappa shape index (κ1) is 40.2. The van der Waals surface area contributed by atoms with Gasteiger partial charge in [-0.25, -0.2) is 4.79 Å². The van der Waals surface area contributed by atoms with Crippen LogP contribution in [-0.2, 0) is 34.5 Å². The number of fused-ring (bicyclic) bond motifs is 1. The van der Waals surface area contributed by atoms with Gasteiger partial charge in [0, 0.05) is 25.0 Å². The maximum absolute atomic E-state index is 13.9. The summed E-state index contributed by atoms with van der Waals surface area (Å²) in [7, 11) is -3.92. The first-order valence-corrected chi connectivity index (χ1v) is 24.7. The molecule has 0 aromatic heterocycles. The van der Waals surface area contributed by atoms with Crippen LogP contribution in [0.5, 0.6) is 0 Å². The zero-order chi connectivity index (χ0) is 36.4. The fraction of sp³-hybridized carbons (Fsp3) is 0.732. The van der Waals surface area contributed by atoms with Gasteiger partial charge in [0.05, 0.1) is 18.8 Å². The number of carbonyl (C=O) groups excluding carboxylic acids is 1. The summed E-state index contributed by atoms with van der Waals surface area (Å²) in [5.41, 5.74) is 1.18. The number of allylic oxidation sites excluding steroid dienone is 2. The Morgan fingerprint density at radius 3 is 2.14 bits per heavy atom. The summed E-state index contributed by atoms with van der Waals surface area (Å²) in [5, 5.41) is 0.265. The maximum Gasteiger partial charge on any atom is 0.338 e. The molecule has 1 fully saturated rings. The number of carbonyl (C=O) groups is 1. The predicted octanol–water partition coefficient (Wildman–Crippen LogP) is 10.4. The monoisotopic (exact) mass is 712 g/mol. The van der Waals surface area contributed by atoms with Crippen LogP contribution in [-0.4, -0.2) is 59.2 Å². The van der Waals surface area contributed by atoms with Gasteiger partial charge in [0.15, 0.2) is 22.2 Å². The van der Waals surface area contributed by atoms with E-state index in [0.717, 1.165) is 37.9 Å². The first-order valence-electron chi connectivity index (χ1n) is 18.9. The van der Waals surface area contributed by atoms with Gasteiger partial charge < -0.3 is 23.1 Å². The molecule has 6 nitrogen and oxygen atoms in total. The van der Waals surface area contributed by atoms with Crippen molar-refractivity contribution in [1.29, 1.82) is 0 Å². The Morgan fingerprint density at radius 2 is 1.51 bits per heavy atom. The molecule has 49 heavy (non-hydrogen) atoms. The van der Waals surface area contributed by atoms with E-state index in [1.807, 2.05) is 44.2 Å². The molecular formula is C41H68O6Si2. The van der Waals surface area contributed by atoms with Gasteiger partial charge >= 0.3 is 5.97 Å². The van der Waals surface area contributed by atoms with Crippen molar-refractivity contribution in [2.75, 3.05) is 6.61 Å². The minimum Gasteiger partial charge on any atom is -0.459 e. The van der Waals surface area contributed by atoms with Gasteiger partial charge in [-0.3, -0.25) is 0 Å². The molecule has 1 saturated heterocycles. The fourth-order valence-electron chi connectivity index (χ4n) is 6.91. The van der Waals surface area contributed by atoms with Gasteiger partial charge in [-0.05, 0) is 98.8 Å². The minimum absolute atomic E-state index is 0.0768. The third kappa shape index (κ3) is 10.3. The number of esters is 1. The van der Waals surface area contributed by atoms with Gasteiger partial charge in [-0.15, -0.1) is 0 Å². The second-order valence-electron chi connectivity index (χ2n) is 18.5. The highest BCUT2D eigenvalue weighted by Gasteiger charge is 2.47. The quantitative estimate of drug-likeness (QED) is 0.159. The highest BCUT2D eigenvalue weighted by molar-refractivity contribution is 6.74. The largest absolute Gasteiger partial charge is 0.459 e. The summed E-state index contributed by atoms with van der Waals surface area (Å²) in [4.78, 5) is 13.9. The molecule has 0 amide bonds. The lowest BCUT2D eigenvalue weighted by atomic mass is 9.66. The van der Waals surface area contributed by atoms with E-state index in [4.69, 9.17) is 23.1 Å². The topological polar surface area (TPSA) is 63.2 Å². The predicted molar refractivity (Wildman–Crippen MR) is 206 cm³/mol. The zero-order valence-corrected chi connectivity index (χ0v) is 35.1. The molecule has 3 aliphatic rings. The van der Waals surface area contributed by atoms with E-state index >= 15 is 0 Å². The number of rotatable bonds is 12. The van der Waals surface area contributed by atoms with Crippen molar-refractivity contribution in [3.63, 3.8) is 0 Å². The molecule has 1 heterocycles. The van der Waals surface area contributed by atoms with Crippen LogP contribution in [0, 0.1) is 17.8 Å². The van der Waals surface area contributed by atoms with Crippen LogP contribution in [0.3, 0.4) is 0 Å². The number of hydrogen-bond donors (Lipinski definition) is 0. The molecule has 8 heteroatoms. The lowest BCUT2D eigenvalue weighted by molar-refractivity contribution is -0.180. The van der Waals surface area contributed by atoms with Crippen LogP contribution in [0.15, 0.2) is 54.1 Å². The summed E-state index contributed by atoms with van der Waals surface area (Å²) in [5.74, 6) is 0.451. The number of benzene rings is 1. The Morgan fingerprint density at radius 1 is 0.878 bits per heavy atom. The average molecular weight is 713 g/mol. The van der Waals surface area contributed by atoms with Gasteiger partial charge in [-0.2, -0.15) is 0 Å². The molecule has 1 aromatic carbocycles. The lowest BCUT2D eigenvalue weighted by Crippen LogP contribution is -2.49. The Labute approximate surface area is 301 Å². The van der Waals surface area contributed by atoms with Crippen molar-refractivity contribution in [2.45, 2.75) is 167 Å². The van der Waals surface area contributed by atoms with Crippen LogP contribution in [0.2, 0.25) is 36.3 Å². The standard InChI is InChI=1S/C41H68O6Si2/c1-29-19-20-31-25-34(47-49(12,13)40(5,6)7)27-36(45-38(42)41(8,9)44-28-30-17-15-14-16-18-30)37(31)35(29)22-21-32-26-33(23-24-43-32)46-48(10,11)39(2,3)4/h14-20,25,29,32-37H,21-24,26-28H2,1-13H3/t29-,32+,33+,34+,35-,36-,37-/m0/s1. The van der Waals surface area contributed by atoms with E-state index in [1.165, 1.54) is 5.57 Å². The molecule has 0 radical (unpaired) electrons. The molecular weight excluding hydrogens is 645 g/mol. The Kier molecular flexibility index (Phi) is 12.8. The molecule has 4 rings (SSSR count). The third-order valence-corrected chi connectivity index (χ3v) is 21.2. The Balaban J connectivity index is 1.53. The van der Waals surface area contributed by atoms with Crippen molar-refractivity contribution < 1.29 is 27.9 Å². The Hall–Kier alpha value is -1.56. The second-order valence-corrected chi connectivity index (χ2v) is 28.1. The van der Waals surface area contributed by atoms with Crippen LogP contribution in [0.25, 0.3) is 0 Å². The highest BCUT2D eigenvalue weighted by Crippen LogP contribution is 2.47. The van der Waals surface area contributed by atoms with Crippen LogP contribution >= 0.6 is 0 Å². The van der Waals surface area contributed by atoms with Gasteiger partial charge in [0.25, 0.3) is 0 Å². The molecule has 0 unspecified atom stereocenters. The van der Waals surface area contributed by atoms with E-state index < -0.39 is 22.2 Å². The zero-order valence-electron chi connectivity index (χ0n) is 33.1. The van der Waals surface area contributed by atoms with Crippen LogP contribution < -0.4 is 0 Å². The lowest BCUT2D eigenvalue weighted by Gasteiger charge is -2.46. The smallest absolute Gasteiger partial charge is 0.338 e. The molecule has 276 valence electrons. The SMILES string of the molecule is C[C@H]1C=CC2=C[C@@H](O[Si](C)(C)C(C)(C)C)C[C@H](OC(=O)C(C)(C)OCc3ccccc3)[C@@H]2[C@H]1CC[C@@H]1C[C@H](O[Si](C)(C)C(C)(C)C)CCO1. The van der Waals surface area contributed by atoms with Crippen molar-refractivity contribution in [1.82, 2.24) is 0 Å².